The average molecular weight is 517 g/mol. The third-order valence-electron chi connectivity index (χ3n) is 5.86. The molecule has 1 aliphatic heterocycles. The summed E-state index contributed by atoms with van der Waals surface area (Å²) in [7, 11) is -2.18. The van der Waals surface area contributed by atoms with Crippen LogP contribution in [0.4, 0.5) is 4.39 Å². The molecule has 0 aliphatic carbocycles. The van der Waals surface area contributed by atoms with Crippen LogP contribution >= 0.6 is 11.3 Å². The Morgan fingerprint density at radius 3 is 2.63 bits per heavy atom. The Hall–Kier alpha value is -3.24. The number of fused-ring (bicyclic) bond motifs is 1. The van der Waals surface area contributed by atoms with E-state index in [1.54, 1.807) is 24.9 Å². The minimum Gasteiger partial charge on any atom is -0.491 e. The molecule has 2 heterocycles. The van der Waals surface area contributed by atoms with Gasteiger partial charge in [-0.2, -0.15) is 0 Å². The number of thiophene rings is 1. The van der Waals surface area contributed by atoms with Crippen molar-refractivity contribution >= 4 is 33.0 Å². The predicted octanol–water partition coefficient (Wildman–Crippen LogP) is 3.91. The summed E-state index contributed by atoms with van der Waals surface area (Å²) in [5.74, 6) is -0.765. The Morgan fingerprint density at radius 1 is 1.17 bits per heavy atom. The molecule has 10 heteroatoms. The Kier molecular flexibility index (Phi) is 6.95. The maximum Gasteiger partial charge on any atom is 0.261 e. The molecule has 0 atom stereocenters. The van der Waals surface area contributed by atoms with Gasteiger partial charge in [0.05, 0.1) is 11.4 Å². The molecular weight excluding hydrogens is 491 g/mol. The maximum atomic E-state index is 15.0. The fourth-order valence-corrected chi connectivity index (χ4v) is 5.77. The Labute approximate surface area is 207 Å². The molecule has 0 radical (unpaired) electrons. The van der Waals surface area contributed by atoms with Gasteiger partial charge in [0.2, 0.25) is 0 Å². The number of carbonyl (C=O) groups excluding carboxylic acids is 2. The van der Waals surface area contributed by atoms with Crippen molar-refractivity contribution in [2.75, 3.05) is 26.5 Å². The Bertz CT molecular complexity index is 1420. The van der Waals surface area contributed by atoms with Crippen LogP contribution in [-0.4, -0.2) is 51.6 Å². The molecule has 2 amide bonds. The van der Waals surface area contributed by atoms with Gasteiger partial charge < -0.3 is 15.0 Å². The van der Waals surface area contributed by atoms with Gasteiger partial charge in [0, 0.05) is 41.4 Å². The lowest BCUT2D eigenvalue weighted by molar-refractivity contribution is 0.0731. The highest BCUT2D eigenvalue weighted by atomic mass is 32.2. The number of hydrogen-bond donors (Lipinski definition) is 1. The number of hydrogen-bond acceptors (Lipinski definition) is 6. The number of sulfone groups is 1. The van der Waals surface area contributed by atoms with E-state index in [2.05, 4.69) is 5.32 Å². The summed E-state index contributed by atoms with van der Waals surface area (Å²) in [4.78, 5) is 28.0. The van der Waals surface area contributed by atoms with E-state index in [1.807, 2.05) is 24.3 Å². The fourth-order valence-electron chi connectivity index (χ4n) is 4.06. The van der Waals surface area contributed by atoms with E-state index in [0.717, 1.165) is 28.3 Å². The molecule has 1 N–H and O–H groups in total. The van der Waals surface area contributed by atoms with Crippen molar-refractivity contribution in [2.45, 2.75) is 24.8 Å². The third-order valence-corrected chi connectivity index (χ3v) is 8.11. The number of ether oxygens (including phenoxy) is 1. The summed E-state index contributed by atoms with van der Waals surface area (Å²) in [6.45, 7) is 2.49. The van der Waals surface area contributed by atoms with Crippen LogP contribution < -0.4 is 10.1 Å². The summed E-state index contributed by atoms with van der Waals surface area (Å²) in [5, 5.41) is 2.61. The van der Waals surface area contributed by atoms with E-state index in [-0.39, 0.29) is 42.5 Å². The number of nitrogens with zero attached hydrogens (tertiary/aromatic N) is 1. The molecule has 2 aromatic carbocycles. The summed E-state index contributed by atoms with van der Waals surface area (Å²) >= 11 is 1.36. The normalized spacial score (nSPS) is 13.5. The van der Waals surface area contributed by atoms with E-state index in [4.69, 9.17) is 4.74 Å². The number of nitrogens with one attached hydrogen (secondary N) is 1. The molecule has 35 heavy (non-hydrogen) atoms. The van der Waals surface area contributed by atoms with Crippen molar-refractivity contribution in [3.05, 3.63) is 69.8 Å². The van der Waals surface area contributed by atoms with Crippen molar-refractivity contribution in [2.24, 2.45) is 0 Å². The van der Waals surface area contributed by atoms with Crippen LogP contribution in [0.3, 0.4) is 0 Å². The van der Waals surface area contributed by atoms with Crippen LogP contribution in [0.15, 0.2) is 47.4 Å². The van der Waals surface area contributed by atoms with E-state index in [0.29, 0.717) is 17.2 Å². The summed E-state index contributed by atoms with van der Waals surface area (Å²) < 4.78 is 44.7. The zero-order chi connectivity index (χ0) is 25.3. The van der Waals surface area contributed by atoms with Crippen LogP contribution in [-0.2, 0) is 22.8 Å². The number of rotatable bonds is 5. The predicted molar refractivity (Wildman–Crippen MR) is 132 cm³/mol. The zero-order valence-corrected chi connectivity index (χ0v) is 21.2. The molecule has 0 bridgehead atoms. The van der Waals surface area contributed by atoms with E-state index in [1.165, 1.54) is 17.4 Å². The van der Waals surface area contributed by atoms with Crippen molar-refractivity contribution in [1.82, 2.24) is 10.2 Å². The molecule has 4 rings (SSSR count). The van der Waals surface area contributed by atoms with Crippen molar-refractivity contribution in [3.63, 3.8) is 0 Å². The average Bonchev–Trinajstić information content (AvgIpc) is 3.22. The van der Waals surface area contributed by atoms with E-state index in [9.17, 15) is 22.4 Å². The number of amides is 2. The minimum atomic E-state index is -3.76. The van der Waals surface area contributed by atoms with Crippen LogP contribution in [0.25, 0.3) is 10.4 Å². The zero-order valence-electron chi connectivity index (χ0n) is 19.6. The maximum absolute atomic E-state index is 15.0. The van der Waals surface area contributed by atoms with Gasteiger partial charge in [0.15, 0.2) is 9.84 Å². The Morgan fingerprint density at radius 2 is 1.94 bits per heavy atom. The first-order valence-corrected chi connectivity index (χ1v) is 13.7. The lowest BCUT2D eigenvalue weighted by Crippen LogP contribution is -2.33. The van der Waals surface area contributed by atoms with Gasteiger partial charge in [-0.25, -0.2) is 12.8 Å². The van der Waals surface area contributed by atoms with Crippen LogP contribution in [0.1, 0.15) is 38.1 Å². The van der Waals surface area contributed by atoms with Gasteiger partial charge in [-0.15, -0.1) is 11.3 Å². The lowest BCUT2D eigenvalue weighted by atomic mass is 10.0. The van der Waals surface area contributed by atoms with Crippen LogP contribution in [0.2, 0.25) is 0 Å². The molecule has 0 fully saturated rings. The van der Waals surface area contributed by atoms with Gasteiger partial charge in [-0.3, -0.25) is 9.59 Å². The fraction of sp³-hybridized carbons (Fsp3) is 0.280. The first-order chi connectivity index (χ1) is 16.6. The standard InChI is InChI=1S/C25H25FN2O5S2/c1-4-17-18(6-10-22(23(17)26)35(3,31)32)25(30)28-11-12-33-19-7-5-15(13-16(19)14-28)20-8-9-21(34-20)24(29)27-2/h5-10,13H,4,11-12,14H2,1-3H3,(H,27,29). The van der Waals surface area contributed by atoms with E-state index >= 15 is 0 Å². The summed E-state index contributed by atoms with van der Waals surface area (Å²) in [5.41, 5.74) is 1.90. The molecule has 3 aromatic rings. The molecule has 1 aliphatic rings. The second kappa shape index (κ2) is 9.79. The van der Waals surface area contributed by atoms with Gasteiger partial charge in [-0.05, 0) is 54.4 Å². The lowest BCUT2D eigenvalue weighted by Gasteiger charge is -2.22. The molecule has 0 saturated carbocycles. The molecule has 0 spiro atoms. The molecule has 1 aromatic heterocycles. The summed E-state index contributed by atoms with van der Waals surface area (Å²) in [6.07, 6.45) is 1.12. The molecular formula is C25H25FN2O5S2. The number of carbonyl (C=O) groups is 2. The van der Waals surface area contributed by atoms with E-state index < -0.39 is 20.5 Å². The highest BCUT2D eigenvalue weighted by molar-refractivity contribution is 7.90. The molecule has 7 nitrogen and oxygen atoms in total. The van der Waals surface area contributed by atoms with Gasteiger partial charge in [0.1, 0.15) is 23.1 Å². The largest absolute Gasteiger partial charge is 0.491 e. The first kappa shape index (κ1) is 24.9. The van der Waals surface area contributed by atoms with Crippen molar-refractivity contribution in [1.29, 1.82) is 0 Å². The highest BCUT2D eigenvalue weighted by Gasteiger charge is 2.27. The summed E-state index contributed by atoms with van der Waals surface area (Å²) in [6, 6.07) is 11.8. The third kappa shape index (κ3) is 4.94. The van der Waals surface area contributed by atoms with Crippen molar-refractivity contribution < 1.29 is 27.1 Å². The topological polar surface area (TPSA) is 92.8 Å². The SMILES string of the molecule is CCc1c(C(=O)N2CCOc3ccc(-c4ccc(C(=O)NC)s4)cc3C2)ccc(S(C)(=O)=O)c1F. The molecule has 0 saturated heterocycles. The monoisotopic (exact) mass is 516 g/mol. The van der Waals surface area contributed by atoms with Crippen LogP contribution in [0.5, 0.6) is 5.75 Å². The minimum absolute atomic E-state index is 0.0809. The second-order valence-corrected chi connectivity index (χ2v) is 11.2. The first-order valence-electron chi connectivity index (χ1n) is 11.0. The van der Waals surface area contributed by atoms with Gasteiger partial charge in [0.25, 0.3) is 11.8 Å². The van der Waals surface area contributed by atoms with Crippen molar-refractivity contribution in [3.8, 4) is 16.2 Å². The number of halogens is 1. The quantitative estimate of drug-likeness (QED) is 0.555. The second-order valence-electron chi connectivity index (χ2n) is 8.17. The smallest absolute Gasteiger partial charge is 0.261 e. The highest BCUT2D eigenvalue weighted by Crippen LogP contribution is 2.34. The van der Waals surface area contributed by atoms with Crippen LogP contribution in [0, 0.1) is 5.82 Å². The molecule has 0 unspecified atom stereocenters. The number of benzene rings is 2. The van der Waals surface area contributed by atoms with Gasteiger partial charge >= 0.3 is 0 Å². The Balaban J connectivity index is 1.66. The van der Waals surface area contributed by atoms with Gasteiger partial charge in [-0.1, -0.05) is 6.92 Å². The molecule has 184 valence electrons.